The maximum absolute atomic E-state index is 11.9. The van der Waals surface area contributed by atoms with E-state index in [2.05, 4.69) is 0 Å². The Bertz CT molecular complexity index is 478. The van der Waals surface area contributed by atoms with Gasteiger partial charge in [0.2, 0.25) is 5.91 Å². The lowest BCUT2D eigenvalue weighted by molar-refractivity contribution is -0.128. The lowest BCUT2D eigenvalue weighted by atomic mass is 9.98. The summed E-state index contributed by atoms with van der Waals surface area (Å²) in [5.41, 5.74) is 1.06. The molecule has 0 spiro atoms. The van der Waals surface area contributed by atoms with Crippen LogP contribution in [-0.4, -0.2) is 44.7 Å². The summed E-state index contributed by atoms with van der Waals surface area (Å²) in [4.78, 5) is 13.8. The minimum absolute atomic E-state index is 0.202. The molecule has 4 nitrogen and oxygen atoms in total. The second-order valence-electron chi connectivity index (χ2n) is 5.06. The zero-order chi connectivity index (χ0) is 14.5. The zero-order valence-corrected chi connectivity index (χ0v) is 12.7. The molecule has 1 aromatic rings. The fraction of sp³-hybridized carbons (Fsp3) is 0.533. The molecule has 1 fully saturated rings. The third-order valence-corrected chi connectivity index (χ3v) is 3.85. The van der Waals surface area contributed by atoms with Crippen LogP contribution in [0.15, 0.2) is 18.2 Å². The van der Waals surface area contributed by atoms with Crippen LogP contribution in [-0.2, 0) is 16.0 Å². The number of hydrogen-bond acceptors (Lipinski definition) is 3. The molecule has 0 N–H and O–H groups in total. The van der Waals surface area contributed by atoms with Crippen LogP contribution in [0.25, 0.3) is 0 Å². The second-order valence-corrected chi connectivity index (χ2v) is 5.50. The smallest absolute Gasteiger partial charge is 0.223 e. The molecule has 5 heteroatoms. The molecule has 20 heavy (non-hydrogen) atoms. The number of carbonyl (C=O) groups is 1. The molecule has 0 aliphatic carbocycles. The van der Waals surface area contributed by atoms with Crippen molar-refractivity contribution in [3.8, 4) is 5.75 Å². The van der Waals surface area contributed by atoms with Gasteiger partial charge in [-0.25, -0.2) is 0 Å². The maximum atomic E-state index is 11.9. The number of ether oxygens (including phenoxy) is 2. The number of halogens is 1. The molecule has 0 saturated carbocycles. The Labute approximate surface area is 124 Å². The SMILES string of the molecule is COCCN1C[C@@H](Cc2cc(Cl)ccc2OC)CC1=O. The van der Waals surface area contributed by atoms with Crippen molar-refractivity contribution in [3.63, 3.8) is 0 Å². The Balaban J connectivity index is 2.01. The van der Waals surface area contributed by atoms with E-state index in [4.69, 9.17) is 21.1 Å². The number of carbonyl (C=O) groups excluding carboxylic acids is 1. The van der Waals surface area contributed by atoms with Gasteiger partial charge < -0.3 is 14.4 Å². The summed E-state index contributed by atoms with van der Waals surface area (Å²) < 4.78 is 10.4. The van der Waals surface area contributed by atoms with E-state index in [9.17, 15) is 4.79 Å². The molecule has 1 amide bonds. The van der Waals surface area contributed by atoms with Crippen LogP contribution in [0.1, 0.15) is 12.0 Å². The summed E-state index contributed by atoms with van der Waals surface area (Å²) in [5, 5.41) is 0.696. The van der Waals surface area contributed by atoms with Crippen LogP contribution in [0.5, 0.6) is 5.75 Å². The Morgan fingerprint density at radius 3 is 2.90 bits per heavy atom. The van der Waals surface area contributed by atoms with Crippen molar-refractivity contribution >= 4 is 17.5 Å². The van der Waals surface area contributed by atoms with Gasteiger partial charge in [0.15, 0.2) is 0 Å². The molecule has 0 unspecified atom stereocenters. The lowest BCUT2D eigenvalue weighted by Crippen LogP contribution is -2.28. The number of likely N-dealkylation sites (tertiary alicyclic amines) is 1. The first-order chi connectivity index (χ1) is 9.63. The highest BCUT2D eigenvalue weighted by atomic mass is 35.5. The van der Waals surface area contributed by atoms with Crippen molar-refractivity contribution in [2.24, 2.45) is 5.92 Å². The zero-order valence-electron chi connectivity index (χ0n) is 11.9. The molecule has 1 aliphatic rings. The van der Waals surface area contributed by atoms with E-state index in [-0.39, 0.29) is 5.91 Å². The van der Waals surface area contributed by atoms with Gasteiger partial charge in [-0.05, 0) is 36.1 Å². The predicted molar refractivity (Wildman–Crippen MR) is 78.3 cm³/mol. The van der Waals surface area contributed by atoms with Crippen LogP contribution in [0.4, 0.5) is 0 Å². The maximum Gasteiger partial charge on any atom is 0.223 e. The first kappa shape index (κ1) is 15.1. The first-order valence-corrected chi connectivity index (χ1v) is 7.11. The summed E-state index contributed by atoms with van der Waals surface area (Å²) in [6.07, 6.45) is 1.39. The molecule has 110 valence electrons. The Morgan fingerprint density at radius 2 is 2.20 bits per heavy atom. The summed E-state index contributed by atoms with van der Waals surface area (Å²) in [5.74, 6) is 1.34. The molecule has 1 aliphatic heterocycles. The van der Waals surface area contributed by atoms with Crippen molar-refractivity contribution in [1.82, 2.24) is 4.90 Å². The Morgan fingerprint density at radius 1 is 1.40 bits per heavy atom. The first-order valence-electron chi connectivity index (χ1n) is 6.73. The molecule has 2 rings (SSSR count). The third kappa shape index (κ3) is 3.64. The van der Waals surface area contributed by atoms with Crippen molar-refractivity contribution in [3.05, 3.63) is 28.8 Å². The number of rotatable bonds is 6. The number of amides is 1. The normalized spacial score (nSPS) is 18.6. The van der Waals surface area contributed by atoms with Crippen LogP contribution < -0.4 is 4.74 Å². The molecule has 1 atom stereocenters. The van der Waals surface area contributed by atoms with E-state index < -0.39 is 0 Å². The highest BCUT2D eigenvalue weighted by Crippen LogP contribution is 2.28. The van der Waals surface area contributed by atoms with Gasteiger partial charge in [0.25, 0.3) is 0 Å². The van der Waals surface area contributed by atoms with E-state index in [1.807, 2.05) is 23.1 Å². The molecule has 0 aromatic heterocycles. The van der Waals surface area contributed by atoms with Gasteiger partial charge in [0, 0.05) is 31.6 Å². The van der Waals surface area contributed by atoms with Gasteiger partial charge in [-0.15, -0.1) is 0 Å². The van der Waals surface area contributed by atoms with Crippen molar-refractivity contribution in [1.29, 1.82) is 0 Å². The van der Waals surface area contributed by atoms with E-state index in [0.717, 1.165) is 24.3 Å². The van der Waals surface area contributed by atoms with E-state index >= 15 is 0 Å². The lowest BCUT2D eigenvalue weighted by Gasteiger charge is -2.16. The summed E-state index contributed by atoms with van der Waals surface area (Å²) in [7, 11) is 3.30. The average molecular weight is 298 g/mol. The number of nitrogens with zero attached hydrogens (tertiary/aromatic N) is 1. The minimum atomic E-state index is 0.202. The number of benzene rings is 1. The van der Waals surface area contributed by atoms with Crippen LogP contribution in [0, 0.1) is 5.92 Å². The van der Waals surface area contributed by atoms with Crippen molar-refractivity contribution < 1.29 is 14.3 Å². The minimum Gasteiger partial charge on any atom is -0.496 e. The molecular formula is C15H20ClNO3. The molecule has 0 radical (unpaired) electrons. The number of methoxy groups -OCH3 is 2. The quantitative estimate of drug-likeness (QED) is 0.809. The van der Waals surface area contributed by atoms with Crippen molar-refractivity contribution in [2.45, 2.75) is 12.8 Å². The van der Waals surface area contributed by atoms with Gasteiger partial charge in [-0.1, -0.05) is 11.6 Å². The number of hydrogen-bond donors (Lipinski definition) is 0. The van der Waals surface area contributed by atoms with Gasteiger partial charge in [-0.2, -0.15) is 0 Å². The molecule has 1 heterocycles. The molecule has 0 bridgehead atoms. The largest absolute Gasteiger partial charge is 0.496 e. The summed E-state index contributed by atoms with van der Waals surface area (Å²) in [6.45, 7) is 2.02. The molecule has 1 aromatic carbocycles. The van der Waals surface area contributed by atoms with Gasteiger partial charge in [0.05, 0.1) is 13.7 Å². The highest BCUT2D eigenvalue weighted by Gasteiger charge is 2.29. The standard InChI is InChI=1S/C15H20ClNO3/c1-19-6-5-17-10-11(8-15(17)18)7-12-9-13(16)3-4-14(12)20-2/h3-4,9,11H,5-8,10H2,1-2H3/t11-/m0/s1. The fourth-order valence-electron chi connectivity index (χ4n) is 2.63. The van der Waals surface area contributed by atoms with Crippen LogP contribution >= 0.6 is 11.6 Å². The second kappa shape index (κ2) is 6.95. The molecule has 1 saturated heterocycles. The Hall–Kier alpha value is -1.26. The van der Waals surface area contributed by atoms with E-state index in [1.54, 1.807) is 14.2 Å². The predicted octanol–water partition coefficient (Wildman–Crippen LogP) is 2.39. The van der Waals surface area contributed by atoms with E-state index in [1.165, 1.54) is 0 Å². The van der Waals surface area contributed by atoms with Gasteiger partial charge in [0.1, 0.15) is 5.75 Å². The summed E-state index contributed by atoms with van der Waals surface area (Å²) in [6, 6.07) is 5.61. The van der Waals surface area contributed by atoms with Gasteiger partial charge in [-0.3, -0.25) is 4.79 Å². The fourth-order valence-corrected chi connectivity index (χ4v) is 2.82. The summed E-state index contributed by atoms with van der Waals surface area (Å²) >= 11 is 6.04. The monoisotopic (exact) mass is 297 g/mol. The van der Waals surface area contributed by atoms with Crippen LogP contribution in [0.2, 0.25) is 5.02 Å². The van der Waals surface area contributed by atoms with Gasteiger partial charge >= 0.3 is 0 Å². The third-order valence-electron chi connectivity index (χ3n) is 3.61. The molecular weight excluding hydrogens is 278 g/mol. The topological polar surface area (TPSA) is 38.8 Å². The van der Waals surface area contributed by atoms with Crippen LogP contribution in [0.3, 0.4) is 0 Å². The van der Waals surface area contributed by atoms with E-state index in [0.29, 0.717) is 30.5 Å². The Kier molecular flexibility index (Phi) is 5.26. The average Bonchev–Trinajstić information content (AvgIpc) is 2.77. The highest BCUT2D eigenvalue weighted by molar-refractivity contribution is 6.30. The van der Waals surface area contributed by atoms with Crippen molar-refractivity contribution in [2.75, 3.05) is 33.9 Å².